The highest BCUT2D eigenvalue weighted by Crippen LogP contribution is 2.38. The predicted octanol–water partition coefficient (Wildman–Crippen LogP) is 8.74. The van der Waals surface area contributed by atoms with Crippen LogP contribution in [0.5, 0.6) is 0 Å². The van der Waals surface area contributed by atoms with Gasteiger partial charge in [-0.1, -0.05) is 142 Å². The number of phosphoric acid groups is 1. The van der Waals surface area contributed by atoms with Crippen LogP contribution < -0.4 is 4.89 Å². The van der Waals surface area contributed by atoms with Gasteiger partial charge in [-0.3, -0.25) is 9.36 Å². The Morgan fingerprint density at radius 3 is 1.40 bits per heavy atom. The molecule has 0 aromatic carbocycles. The third kappa shape index (κ3) is 34.2. The van der Waals surface area contributed by atoms with E-state index in [0.717, 1.165) is 12.8 Å². The summed E-state index contributed by atoms with van der Waals surface area (Å²) in [7, 11) is 1.36. The van der Waals surface area contributed by atoms with E-state index in [4.69, 9.17) is 18.5 Å². The van der Waals surface area contributed by atoms with Gasteiger partial charge in [-0.25, -0.2) is 0 Å². The number of rotatable bonds is 33. The van der Waals surface area contributed by atoms with Gasteiger partial charge in [0.2, 0.25) is 0 Å². The number of quaternary nitrogens is 1. The van der Waals surface area contributed by atoms with Crippen molar-refractivity contribution in [2.45, 2.75) is 161 Å². The van der Waals surface area contributed by atoms with E-state index < -0.39 is 19.9 Å². The third-order valence-electron chi connectivity index (χ3n) is 7.71. The Kier molecular flexibility index (Phi) is 28.6. The zero-order valence-electron chi connectivity index (χ0n) is 28.9. The molecule has 0 spiro atoms. The number of carbonyl (C=O) groups is 1. The maximum atomic E-state index is 12.0. The molecule has 0 fully saturated rings. The summed E-state index contributed by atoms with van der Waals surface area (Å²) < 4.78 is 33.2. The fourth-order valence-corrected chi connectivity index (χ4v) is 5.75. The number of likely N-dealkylation sites (N-methyl/N-ethyl adjacent to an activating group) is 1. The van der Waals surface area contributed by atoms with Gasteiger partial charge < -0.3 is 27.9 Å². The molecule has 2 atom stereocenters. The zero-order chi connectivity index (χ0) is 32.1. The summed E-state index contributed by atoms with van der Waals surface area (Å²) in [5, 5.41) is 0. The lowest BCUT2D eigenvalue weighted by Crippen LogP contribution is -2.37. The minimum Gasteiger partial charge on any atom is -0.756 e. The van der Waals surface area contributed by atoms with E-state index in [1.54, 1.807) is 0 Å². The Bertz CT molecular complexity index is 672. The van der Waals surface area contributed by atoms with Crippen molar-refractivity contribution in [1.82, 2.24) is 0 Å². The fourth-order valence-electron chi connectivity index (χ4n) is 5.02. The average Bonchev–Trinajstić information content (AvgIpc) is 2.93. The van der Waals surface area contributed by atoms with Crippen LogP contribution in [0.4, 0.5) is 0 Å². The van der Waals surface area contributed by atoms with E-state index in [1.807, 2.05) is 21.1 Å². The largest absolute Gasteiger partial charge is 0.756 e. The molecule has 0 radical (unpaired) electrons. The standard InChI is InChI=1S/C34H70NO7P/c1-6-7-8-9-10-11-12-13-14-15-16-17-18-19-20-21-22-23-24-25-26-27-29-39-31-34(42-33(2)36)32-41-43(37,38)40-30-28-35(3,4)5/h34H,6-32H2,1-5H3. The van der Waals surface area contributed by atoms with Crippen LogP contribution in [0.25, 0.3) is 0 Å². The molecule has 258 valence electrons. The topological polar surface area (TPSA) is 94.1 Å². The van der Waals surface area contributed by atoms with Gasteiger partial charge in [-0.05, 0) is 6.42 Å². The number of esters is 1. The quantitative estimate of drug-likeness (QED) is 0.0308. The molecule has 0 rings (SSSR count). The number of hydrogen-bond acceptors (Lipinski definition) is 7. The second-order valence-corrected chi connectivity index (χ2v) is 14.7. The van der Waals surface area contributed by atoms with Crippen LogP contribution in [0.1, 0.15) is 155 Å². The summed E-state index contributed by atoms with van der Waals surface area (Å²) in [6.07, 6.45) is 29.0. The van der Waals surface area contributed by atoms with Gasteiger partial charge in [0, 0.05) is 13.5 Å². The maximum Gasteiger partial charge on any atom is 0.303 e. The van der Waals surface area contributed by atoms with Gasteiger partial charge in [0.15, 0.2) is 0 Å². The summed E-state index contributed by atoms with van der Waals surface area (Å²) in [6, 6.07) is 0. The number of phosphoric ester groups is 1. The molecule has 8 nitrogen and oxygen atoms in total. The van der Waals surface area contributed by atoms with Crippen LogP contribution in [0.2, 0.25) is 0 Å². The van der Waals surface area contributed by atoms with Crippen LogP contribution in [0.15, 0.2) is 0 Å². The number of unbranched alkanes of at least 4 members (excludes halogenated alkanes) is 21. The van der Waals surface area contributed by atoms with Crippen molar-refractivity contribution < 1.29 is 37.3 Å². The van der Waals surface area contributed by atoms with Crippen molar-refractivity contribution in [1.29, 1.82) is 0 Å². The summed E-state index contributed by atoms with van der Waals surface area (Å²) in [5.74, 6) is -0.506. The molecule has 0 heterocycles. The van der Waals surface area contributed by atoms with Crippen molar-refractivity contribution in [3.8, 4) is 0 Å². The van der Waals surface area contributed by atoms with Crippen LogP contribution in [-0.2, 0) is 27.9 Å². The Morgan fingerprint density at radius 1 is 0.628 bits per heavy atom. The summed E-state index contributed by atoms with van der Waals surface area (Å²) in [5.41, 5.74) is 0. The van der Waals surface area contributed by atoms with Crippen LogP contribution in [0.3, 0.4) is 0 Å². The summed E-state index contributed by atoms with van der Waals surface area (Å²) in [4.78, 5) is 23.4. The van der Waals surface area contributed by atoms with Crippen molar-refractivity contribution >= 4 is 13.8 Å². The monoisotopic (exact) mass is 635 g/mol. The molecule has 0 aromatic heterocycles. The molecule has 0 saturated carbocycles. The molecule has 2 unspecified atom stereocenters. The van der Waals surface area contributed by atoms with Gasteiger partial charge in [-0.2, -0.15) is 0 Å². The van der Waals surface area contributed by atoms with Gasteiger partial charge in [0.25, 0.3) is 7.82 Å². The van der Waals surface area contributed by atoms with Gasteiger partial charge in [0.1, 0.15) is 19.3 Å². The normalized spacial score (nSPS) is 14.1. The molecular weight excluding hydrogens is 565 g/mol. The molecule has 0 aliphatic carbocycles. The predicted molar refractivity (Wildman–Crippen MR) is 176 cm³/mol. The van der Waals surface area contributed by atoms with Crippen molar-refractivity contribution in [2.75, 3.05) is 54.1 Å². The zero-order valence-corrected chi connectivity index (χ0v) is 29.8. The number of ether oxygens (including phenoxy) is 2. The number of hydrogen-bond donors (Lipinski definition) is 0. The minimum absolute atomic E-state index is 0.0263. The highest BCUT2D eigenvalue weighted by atomic mass is 31.2. The molecule has 43 heavy (non-hydrogen) atoms. The lowest BCUT2D eigenvalue weighted by Gasteiger charge is -2.28. The molecule has 0 bridgehead atoms. The number of nitrogens with zero attached hydrogens (tertiary/aromatic N) is 1. The van der Waals surface area contributed by atoms with Crippen LogP contribution in [-0.4, -0.2) is 70.7 Å². The summed E-state index contributed by atoms with van der Waals surface area (Å²) >= 11 is 0. The van der Waals surface area contributed by atoms with E-state index in [9.17, 15) is 14.3 Å². The second-order valence-electron chi connectivity index (χ2n) is 13.3. The molecule has 0 N–H and O–H groups in total. The first-order chi connectivity index (χ1) is 20.6. The first-order valence-electron chi connectivity index (χ1n) is 17.7. The lowest BCUT2D eigenvalue weighted by atomic mass is 10.0. The highest BCUT2D eigenvalue weighted by molar-refractivity contribution is 7.45. The Morgan fingerprint density at radius 2 is 1.02 bits per heavy atom. The van der Waals surface area contributed by atoms with Gasteiger partial charge in [-0.15, -0.1) is 0 Å². The summed E-state index contributed by atoms with van der Waals surface area (Å²) in [6.45, 7) is 4.44. The van der Waals surface area contributed by atoms with E-state index in [2.05, 4.69) is 6.92 Å². The van der Waals surface area contributed by atoms with Gasteiger partial charge in [0.05, 0.1) is 34.4 Å². The molecular formula is C34H70NO7P. The average molecular weight is 636 g/mol. The molecule has 9 heteroatoms. The Balaban J connectivity index is 3.55. The van der Waals surface area contributed by atoms with Crippen LogP contribution in [0, 0.1) is 0 Å². The van der Waals surface area contributed by atoms with E-state index in [0.29, 0.717) is 17.6 Å². The molecule has 0 aromatic rings. The fraction of sp³-hybridized carbons (Fsp3) is 0.971. The number of carbonyl (C=O) groups excluding carboxylic acids is 1. The smallest absolute Gasteiger partial charge is 0.303 e. The maximum absolute atomic E-state index is 12.0. The molecule has 0 aliphatic rings. The Labute approximate surface area is 266 Å². The molecule has 0 amide bonds. The second kappa shape index (κ2) is 28.9. The first kappa shape index (κ1) is 42.5. The lowest BCUT2D eigenvalue weighted by molar-refractivity contribution is -0.870. The van der Waals surface area contributed by atoms with E-state index in [-0.39, 0.29) is 19.8 Å². The minimum atomic E-state index is -4.47. The Hall–Kier alpha value is -0.500. The van der Waals surface area contributed by atoms with E-state index >= 15 is 0 Å². The van der Waals surface area contributed by atoms with E-state index in [1.165, 1.54) is 135 Å². The molecule has 0 aliphatic heterocycles. The third-order valence-corrected chi connectivity index (χ3v) is 8.67. The highest BCUT2D eigenvalue weighted by Gasteiger charge is 2.19. The first-order valence-corrected chi connectivity index (χ1v) is 19.2. The van der Waals surface area contributed by atoms with Gasteiger partial charge >= 0.3 is 5.97 Å². The van der Waals surface area contributed by atoms with Crippen molar-refractivity contribution in [3.05, 3.63) is 0 Å². The van der Waals surface area contributed by atoms with Crippen molar-refractivity contribution in [3.63, 3.8) is 0 Å². The SMILES string of the molecule is CCCCCCCCCCCCCCCCCCCCCCCCOCC(COP(=O)([O-])OCC[N+](C)(C)C)OC(C)=O. The van der Waals surface area contributed by atoms with Crippen molar-refractivity contribution in [2.24, 2.45) is 0 Å². The van der Waals surface area contributed by atoms with Crippen LogP contribution >= 0.6 is 7.82 Å². The molecule has 0 saturated heterocycles.